The van der Waals surface area contributed by atoms with Crippen LogP contribution in [0.1, 0.15) is 15.9 Å². The van der Waals surface area contributed by atoms with E-state index in [-0.39, 0.29) is 22.9 Å². The van der Waals surface area contributed by atoms with Crippen LogP contribution in [0.2, 0.25) is 5.02 Å². The van der Waals surface area contributed by atoms with E-state index in [2.05, 4.69) is 22.1 Å². The molecular formula is C15H10ClFN2O2. The number of nitrogens with zero attached hydrogens (tertiary/aromatic N) is 1. The highest BCUT2D eigenvalue weighted by Crippen LogP contribution is 2.23. The fourth-order valence-electron chi connectivity index (χ4n) is 1.56. The van der Waals surface area contributed by atoms with E-state index in [0.29, 0.717) is 5.56 Å². The van der Waals surface area contributed by atoms with E-state index in [4.69, 9.17) is 16.7 Å². The smallest absolute Gasteiger partial charge is 0.257 e. The summed E-state index contributed by atoms with van der Waals surface area (Å²) in [6.07, 6.45) is 2.82. The maximum Gasteiger partial charge on any atom is 0.257 e. The number of hydrogen-bond acceptors (Lipinski definition) is 3. The van der Waals surface area contributed by atoms with Gasteiger partial charge in [0.05, 0.1) is 16.3 Å². The van der Waals surface area contributed by atoms with Crippen molar-refractivity contribution in [3.63, 3.8) is 0 Å². The molecule has 0 bridgehead atoms. The van der Waals surface area contributed by atoms with Crippen LogP contribution in [-0.2, 0) is 0 Å². The lowest BCUT2D eigenvalue weighted by Crippen LogP contribution is -2.13. The van der Waals surface area contributed by atoms with Gasteiger partial charge in [0.1, 0.15) is 12.4 Å². The minimum Gasteiger partial charge on any atom is -0.384 e. The minimum atomic E-state index is -0.504. The molecule has 1 aromatic carbocycles. The van der Waals surface area contributed by atoms with Gasteiger partial charge in [-0.1, -0.05) is 23.4 Å². The third kappa shape index (κ3) is 4.02. The third-order valence-electron chi connectivity index (χ3n) is 2.49. The van der Waals surface area contributed by atoms with Crippen LogP contribution in [0.4, 0.5) is 10.1 Å². The molecule has 0 radical (unpaired) electrons. The molecule has 0 saturated carbocycles. The minimum absolute atomic E-state index is 0.175. The van der Waals surface area contributed by atoms with Crippen LogP contribution in [0.25, 0.3) is 0 Å². The molecule has 2 N–H and O–H groups in total. The molecule has 6 heteroatoms. The maximum atomic E-state index is 13.1. The lowest BCUT2D eigenvalue weighted by Gasteiger charge is -2.07. The van der Waals surface area contributed by atoms with Gasteiger partial charge in [-0.2, -0.15) is 0 Å². The Hall–Kier alpha value is -2.42. The van der Waals surface area contributed by atoms with Gasteiger partial charge >= 0.3 is 0 Å². The molecule has 2 rings (SSSR count). The molecule has 1 heterocycles. The van der Waals surface area contributed by atoms with Crippen molar-refractivity contribution >= 4 is 23.2 Å². The van der Waals surface area contributed by atoms with Crippen LogP contribution in [0.5, 0.6) is 0 Å². The number of aliphatic hydroxyl groups is 1. The molecule has 0 fully saturated rings. The Balaban J connectivity index is 2.22. The zero-order valence-electron chi connectivity index (χ0n) is 10.7. The van der Waals surface area contributed by atoms with Crippen LogP contribution in [0.3, 0.4) is 0 Å². The summed E-state index contributed by atoms with van der Waals surface area (Å²) in [6.45, 7) is -0.282. The number of anilines is 1. The molecule has 0 spiro atoms. The predicted molar refractivity (Wildman–Crippen MR) is 77.6 cm³/mol. The number of carbonyl (C=O) groups excluding carboxylic acids is 1. The highest BCUT2D eigenvalue weighted by atomic mass is 35.5. The highest BCUT2D eigenvalue weighted by Gasteiger charge is 2.10. The third-order valence-corrected chi connectivity index (χ3v) is 2.82. The van der Waals surface area contributed by atoms with Gasteiger partial charge in [0.15, 0.2) is 0 Å². The number of halogens is 2. The molecule has 0 aliphatic rings. The second-order valence-corrected chi connectivity index (χ2v) is 4.41. The summed E-state index contributed by atoms with van der Waals surface area (Å²) >= 11 is 5.88. The number of nitrogens with one attached hydrogen (secondary N) is 1. The topological polar surface area (TPSA) is 62.2 Å². The van der Waals surface area contributed by atoms with Crippen molar-refractivity contribution in [2.75, 3.05) is 11.9 Å². The molecule has 106 valence electrons. The van der Waals surface area contributed by atoms with Gasteiger partial charge in [0.2, 0.25) is 0 Å². The number of amides is 1. The summed E-state index contributed by atoms with van der Waals surface area (Å²) in [4.78, 5) is 16.0. The van der Waals surface area contributed by atoms with Crippen LogP contribution >= 0.6 is 11.6 Å². The van der Waals surface area contributed by atoms with E-state index in [0.717, 1.165) is 6.07 Å². The number of aromatic nitrogens is 1. The normalized spacial score (nSPS) is 9.67. The summed E-state index contributed by atoms with van der Waals surface area (Å²) in [7, 11) is 0. The van der Waals surface area contributed by atoms with Gasteiger partial charge in [0, 0.05) is 18.0 Å². The van der Waals surface area contributed by atoms with Gasteiger partial charge in [-0.25, -0.2) is 4.39 Å². The zero-order valence-corrected chi connectivity index (χ0v) is 11.5. The first-order chi connectivity index (χ1) is 10.1. The summed E-state index contributed by atoms with van der Waals surface area (Å²) in [5.74, 6) is 4.12. The van der Waals surface area contributed by atoms with Crippen molar-refractivity contribution in [3.8, 4) is 11.8 Å². The first kappa shape index (κ1) is 15.0. The molecule has 21 heavy (non-hydrogen) atoms. The second-order valence-electron chi connectivity index (χ2n) is 4.00. The summed E-state index contributed by atoms with van der Waals surface area (Å²) in [5.41, 5.74) is 0.913. The highest BCUT2D eigenvalue weighted by molar-refractivity contribution is 6.33. The summed E-state index contributed by atoms with van der Waals surface area (Å²) in [5, 5.41) is 11.4. The fourth-order valence-corrected chi connectivity index (χ4v) is 1.73. The number of benzene rings is 1. The molecular weight excluding hydrogens is 295 g/mol. The Bertz CT molecular complexity index is 738. The number of rotatable bonds is 2. The van der Waals surface area contributed by atoms with Gasteiger partial charge < -0.3 is 10.4 Å². The molecule has 0 unspecified atom stereocenters. The largest absolute Gasteiger partial charge is 0.384 e. The molecule has 0 saturated heterocycles. The molecule has 1 amide bonds. The number of hydrogen-bond donors (Lipinski definition) is 2. The average molecular weight is 305 g/mol. The van der Waals surface area contributed by atoms with Gasteiger partial charge in [-0.3, -0.25) is 9.78 Å². The van der Waals surface area contributed by atoms with Crippen LogP contribution in [0.15, 0.2) is 36.7 Å². The fraction of sp³-hybridized carbons (Fsp3) is 0.0667. The predicted octanol–water partition coefficient (Wildman–Crippen LogP) is 2.47. The maximum absolute atomic E-state index is 13.1. The van der Waals surface area contributed by atoms with Gasteiger partial charge in [-0.15, -0.1) is 0 Å². The molecule has 0 aliphatic heterocycles. The van der Waals surface area contributed by atoms with Gasteiger partial charge in [-0.05, 0) is 24.3 Å². The Morgan fingerprint density at radius 2 is 2.19 bits per heavy atom. The van der Waals surface area contributed by atoms with Crippen LogP contribution in [0, 0.1) is 17.7 Å². The van der Waals surface area contributed by atoms with Gasteiger partial charge in [0.25, 0.3) is 5.91 Å². The van der Waals surface area contributed by atoms with Crippen molar-refractivity contribution in [2.24, 2.45) is 0 Å². The molecule has 2 aromatic rings. The monoisotopic (exact) mass is 304 g/mol. The average Bonchev–Trinajstić information content (AvgIpc) is 2.49. The Morgan fingerprint density at radius 3 is 2.95 bits per heavy atom. The summed E-state index contributed by atoms with van der Waals surface area (Å²) < 4.78 is 13.1. The molecule has 0 aliphatic carbocycles. The van der Waals surface area contributed by atoms with Crippen LogP contribution < -0.4 is 5.32 Å². The molecule has 1 aromatic heterocycles. The SMILES string of the molecule is O=C(Nc1cc(F)ccc1Cl)c1cncc(C#CCO)c1. The Labute approximate surface area is 125 Å². The first-order valence-electron chi connectivity index (χ1n) is 5.91. The Kier molecular flexibility index (Phi) is 4.88. The van der Waals surface area contributed by atoms with E-state index < -0.39 is 11.7 Å². The second kappa shape index (κ2) is 6.84. The van der Waals surface area contributed by atoms with Crippen molar-refractivity contribution in [3.05, 3.63) is 58.6 Å². The van der Waals surface area contributed by atoms with Crippen LogP contribution in [-0.4, -0.2) is 22.6 Å². The van der Waals surface area contributed by atoms with E-state index in [1.807, 2.05) is 0 Å². The Morgan fingerprint density at radius 1 is 1.38 bits per heavy atom. The van der Waals surface area contributed by atoms with E-state index in [1.54, 1.807) is 0 Å². The number of carbonyl (C=O) groups is 1. The van der Waals surface area contributed by atoms with E-state index in [1.165, 1.54) is 30.6 Å². The summed E-state index contributed by atoms with van der Waals surface area (Å²) in [6, 6.07) is 5.19. The van der Waals surface area contributed by atoms with Crippen molar-refractivity contribution < 1.29 is 14.3 Å². The van der Waals surface area contributed by atoms with Crippen molar-refractivity contribution in [1.82, 2.24) is 4.98 Å². The molecule has 0 atom stereocenters. The van der Waals surface area contributed by atoms with E-state index in [9.17, 15) is 9.18 Å². The zero-order chi connectivity index (χ0) is 15.2. The van der Waals surface area contributed by atoms with Crippen molar-refractivity contribution in [2.45, 2.75) is 0 Å². The number of aliphatic hydroxyl groups excluding tert-OH is 1. The lowest BCUT2D eigenvalue weighted by atomic mass is 10.2. The lowest BCUT2D eigenvalue weighted by molar-refractivity contribution is 0.102. The molecule has 4 nitrogen and oxygen atoms in total. The quantitative estimate of drug-likeness (QED) is 0.838. The van der Waals surface area contributed by atoms with E-state index >= 15 is 0 Å². The van der Waals surface area contributed by atoms with Crippen molar-refractivity contribution in [1.29, 1.82) is 0 Å². The first-order valence-corrected chi connectivity index (χ1v) is 6.29. The number of pyridine rings is 1. The standard InChI is InChI=1S/C15H10ClFN2O2/c16-13-4-3-12(17)7-14(13)19-15(21)11-6-10(2-1-5-20)8-18-9-11/h3-4,6-9,20H,5H2,(H,19,21).